The summed E-state index contributed by atoms with van der Waals surface area (Å²) in [6.45, 7) is 1.31. The number of furan rings is 1. The molecular formula is C12H19NO2. The van der Waals surface area contributed by atoms with E-state index in [2.05, 4.69) is 0 Å². The van der Waals surface area contributed by atoms with Gasteiger partial charge in [-0.05, 0) is 30.9 Å². The third-order valence-electron chi connectivity index (χ3n) is 3.08. The summed E-state index contributed by atoms with van der Waals surface area (Å²) in [6, 6.07) is 3.79. The largest absolute Gasteiger partial charge is 0.467 e. The molecule has 15 heavy (non-hydrogen) atoms. The van der Waals surface area contributed by atoms with Gasteiger partial charge in [-0.2, -0.15) is 0 Å². The lowest BCUT2D eigenvalue weighted by Crippen LogP contribution is -2.18. The lowest BCUT2D eigenvalue weighted by molar-refractivity contribution is 0.0220. The third-order valence-corrected chi connectivity index (χ3v) is 3.08. The molecule has 1 aliphatic carbocycles. The summed E-state index contributed by atoms with van der Waals surface area (Å²) in [5, 5.41) is 0. The highest BCUT2D eigenvalue weighted by Crippen LogP contribution is 2.27. The van der Waals surface area contributed by atoms with Crippen LogP contribution in [-0.2, 0) is 4.74 Å². The second-order valence-electron chi connectivity index (χ2n) is 4.22. The molecule has 84 valence electrons. The molecule has 1 aromatic heterocycles. The highest BCUT2D eigenvalue weighted by Gasteiger charge is 2.19. The van der Waals surface area contributed by atoms with E-state index >= 15 is 0 Å². The minimum absolute atomic E-state index is 0.0689. The van der Waals surface area contributed by atoms with Gasteiger partial charge in [0.1, 0.15) is 11.9 Å². The lowest BCUT2D eigenvalue weighted by atomic mass is 10.1. The summed E-state index contributed by atoms with van der Waals surface area (Å²) in [5.74, 6) is 1.57. The quantitative estimate of drug-likeness (QED) is 0.810. The number of nitrogens with two attached hydrogens (primary N) is 1. The SMILES string of the molecule is NCC(OCC1CCCC1)c1ccco1. The fourth-order valence-corrected chi connectivity index (χ4v) is 2.17. The fraction of sp³-hybridized carbons (Fsp3) is 0.667. The van der Waals surface area contributed by atoms with Crippen LogP contribution in [-0.4, -0.2) is 13.2 Å². The lowest BCUT2D eigenvalue weighted by Gasteiger charge is -2.16. The van der Waals surface area contributed by atoms with Gasteiger partial charge in [0.25, 0.3) is 0 Å². The van der Waals surface area contributed by atoms with E-state index in [0.717, 1.165) is 18.3 Å². The monoisotopic (exact) mass is 209 g/mol. The van der Waals surface area contributed by atoms with Gasteiger partial charge in [-0.15, -0.1) is 0 Å². The van der Waals surface area contributed by atoms with Gasteiger partial charge in [0, 0.05) is 6.54 Å². The van der Waals surface area contributed by atoms with Crippen LogP contribution >= 0.6 is 0 Å². The van der Waals surface area contributed by atoms with E-state index in [-0.39, 0.29) is 6.10 Å². The van der Waals surface area contributed by atoms with Crippen molar-refractivity contribution >= 4 is 0 Å². The van der Waals surface area contributed by atoms with Gasteiger partial charge in [-0.1, -0.05) is 12.8 Å². The molecule has 0 saturated heterocycles. The van der Waals surface area contributed by atoms with Crippen molar-refractivity contribution in [2.75, 3.05) is 13.2 Å². The molecule has 1 aromatic rings. The average Bonchev–Trinajstić information content (AvgIpc) is 2.90. The fourth-order valence-electron chi connectivity index (χ4n) is 2.17. The van der Waals surface area contributed by atoms with Gasteiger partial charge in [0.05, 0.1) is 12.9 Å². The molecule has 1 fully saturated rings. The zero-order valence-electron chi connectivity index (χ0n) is 9.02. The maximum absolute atomic E-state index is 5.80. The third kappa shape index (κ3) is 2.83. The summed E-state index contributed by atoms with van der Waals surface area (Å²) in [4.78, 5) is 0. The molecule has 0 aliphatic heterocycles. The van der Waals surface area contributed by atoms with Gasteiger partial charge in [-0.25, -0.2) is 0 Å². The maximum Gasteiger partial charge on any atom is 0.133 e. The molecule has 2 N–H and O–H groups in total. The second-order valence-corrected chi connectivity index (χ2v) is 4.22. The number of rotatable bonds is 5. The normalized spacial score (nSPS) is 19.5. The Bertz CT molecular complexity index is 265. The topological polar surface area (TPSA) is 48.4 Å². The predicted molar refractivity (Wildman–Crippen MR) is 58.4 cm³/mol. The first-order chi connectivity index (χ1) is 7.40. The summed E-state index contributed by atoms with van der Waals surface area (Å²) >= 11 is 0. The predicted octanol–water partition coefficient (Wildman–Crippen LogP) is 2.49. The van der Waals surface area contributed by atoms with E-state index in [0.29, 0.717) is 6.54 Å². The van der Waals surface area contributed by atoms with Crippen LogP contribution in [0.3, 0.4) is 0 Å². The van der Waals surface area contributed by atoms with Crippen molar-refractivity contribution in [1.82, 2.24) is 0 Å². The molecule has 3 nitrogen and oxygen atoms in total. The van der Waals surface area contributed by atoms with E-state index in [1.165, 1.54) is 25.7 Å². The van der Waals surface area contributed by atoms with E-state index in [4.69, 9.17) is 14.9 Å². The van der Waals surface area contributed by atoms with Gasteiger partial charge < -0.3 is 14.9 Å². The Morgan fingerprint density at radius 3 is 2.87 bits per heavy atom. The second kappa shape index (κ2) is 5.33. The highest BCUT2D eigenvalue weighted by molar-refractivity contribution is 5.02. The minimum Gasteiger partial charge on any atom is -0.467 e. The summed E-state index contributed by atoms with van der Waals surface area (Å²) in [7, 11) is 0. The molecule has 3 heteroatoms. The first-order valence-electron chi connectivity index (χ1n) is 5.75. The summed E-state index contributed by atoms with van der Waals surface area (Å²) in [5.41, 5.74) is 5.66. The van der Waals surface area contributed by atoms with Crippen LogP contribution in [0, 0.1) is 5.92 Å². The first-order valence-corrected chi connectivity index (χ1v) is 5.75. The number of ether oxygens (including phenoxy) is 1. The van der Waals surface area contributed by atoms with Crippen LogP contribution in [0.4, 0.5) is 0 Å². The molecule has 0 aromatic carbocycles. The van der Waals surface area contributed by atoms with Crippen molar-refractivity contribution in [3.05, 3.63) is 24.2 Å². The molecule has 1 atom stereocenters. The standard InChI is InChI=1S/C12H19NO2/c13-8-12(11-6-3-7-14-11)15-9-10-4-1-2-5-10/h3,6-7,10,12H,1-2,4-5,8-9,13H2. The maximum atomic E-state index is 5.80. The number of hydrogen-bond acceptors (Lipinski definition) is 3. The summed E-state index contributed by atoms with van der Waals surface area (Å²) < 4.78 is 11.1. The first kappa shape index (κ1) is 10.7. The van der Waals surface area contributed by atoms with Crippen molar-refractivity contribution in [3.63, 3.8) is 0 Å². The molecular weight excluding hydrogens is 190 g/mol. The van der Waals surface area contributed by atoms with Crippen LogP contribution in [0.25, 0.3) is 0 Å². The van der Waals surface area contributed by atoms with E-state index in [1.54, 1.807) is 6.26 Å². The van der Waals surface area contributed by atoms with Gasteiger partial charge in [0.15, 0.2) is 0 Å². The molecule has 0 radical (unpaired) electrons. The van der Waals surface area contributed by atoms with Crippen molar-refractivity contribution in [1.29, 1.82) is 0 Å². The van der Waals surface area contributed by atoms with Crippen LogP contribution < -0.4 is 5.73 Å². The van der Waals surface area contributed by atoms with Gasteiger partial charge in [0.2, 0.25) is 0 Å². The van der Waals surface area contributed by atoms with Crippen molar-refractivity contribution in [2.45, 2.75) is 31.8 Å². The zero-order chi connectivity index (χ0) is 10.5. The van der Waals surface area contributed by atoms with Crippen molar-refractivity contribution in [3.8, 4) is 0 Å². The molecule has 0 bridgehead atoms. The smallest absolute Gasteiger partial charge is 0.133 e. The van der Waals surface area contributed by atoms with Crippen LogP contribution in [0.5, 0.6) is 0 Å². The Morgan fingerprint density at radius 2 is 2.27 bits per heavy atom. The molecule has 2 rings (SSSR count). The minimum atomic E-state index is -0.0689. The molecule has 1 aliphatic rings. The van der Waals surface area contributed by atoms with Crippen LogP contribution in [0.1, 0.15) is 37.5 Å². The molecule has 1 unspecified atom stereocenters. The van der Waals surface area contributed by atoms with Crippen LogP contribution in [0.2, 0.25) is 0 Å². The van der Waals surface area contributed by atoms with Gasteiger partial charge >= 0.3 is 0 Å². The van der Waals surface area contributed by atoms with E-state index in [9.17, 15) is 0 Å². The van der Waals surface area contributed by atoms with Crippen molar-refractivity contribution in [2.24, 2.45) is 11.7 Å². The Morgan fingerprint density at radius 1 is 1.47 bits per heavy atom. The Balaban J connectivity index is 1.80. The van der Waals surface area contributed by atoms with Crippen molar-refractivity contribution < 1.29 is 9.15 Å². The Hall–Kier alpha value is -0.800. The van der Waals surface area contributed by atoms with E-state index in [1.807, 2.05) is 12.1 Å². The molecule has 0 amide bonds. The van der Waals surface area contributed by atoms with Crippen LogP contribution in [0.15, 0.2) is 22.8 Å². The highest BCUT2D eigenvalue weighted by atomic mass is 16.5. The number of hydrogen-bond donors (Lipinski definition) is 1. The average molecular weight is 209 g/mol. The van der Waals surface area contributed by atoms with Gasteiger partial charge in [-0.3, -0.25) is 0 Å². The Labute approximate surface area is 90.6 Å². The molecule has 1 heterocycles. The zero-order valence-corrected chi connectivity index (χ0v) is 9.02. The molecule has 1 saturated carbocycles. The molecule has 0 spiro atoms. The van der Waals surface area contributed by atoms with E-state index < -0.39 is 0 Å². The summed E-state index contributed by atoms with van der Waals surface area (Å²) in [6.07, 6.45) is 6.90. The Kier molecular flexibility index (Phi) is 3.80.